The van der Waals surface area contributed by atoms with Crippen LogP contribution in [0, 0.1) is 0 Å². The highest BCUT2D eigenvalue weighted by atomic mass is 79.9. The van der Waals surface area contributed by atoms with Crippen LogP contribution in [-0.2, 0) is 9.53 Å². The van der Waals surface area contributed by atoms with Crippen molar-refractivity contribution >= 4 is 56.6 Å². The van der Waals surface area contributed by atoms with Crippen LogP contribution in [-0.4, -0.2) is 29.4 Å². The Morgan fingerprint density at radius 3 is 2.56 bits per heavy atom. The SMILES string of the molecule is CCOC(=O)C1=C(c2ccccc2)N=c2s/c(=C\c3cc(Br)cc(OC)c3O)c(=O)n2[C@H]1c1ccc(Cl)cc1. The van der Waals surface area contributed by atoms with E-state index in [-0.39, 0.29) is 29.2 Å². The van der Waals surface area contributed by atoms with Crippen molar-refractivity contribution in [1.82, 2.24) is 4.57 Å². The highest BCUT2D eigenvalue weighted by molar-refractivity contribution is 9.10. The molecule has 0 unspecified atom stereocenters. The maximum atomic E-state index is 13.9. The zero-order valence-electron chi connectivity index (χ0n) is 20.9. The molecule has 0 bridgehead atoms. The summed E-state index contributed by atoms with van der Waals surface area (Å²) < 4.78 is 13.2. The van der Waals surface area contributed by atoms with E-state index in [1.165, 1.54) is 11.7 Å². The lowest BCUT2D eigenvalue weighted by atomic mass is 9.93. The van der Waals surface area contributed by atoms with E-state index in [2.05, 4.69) is 15.9 Å². The molecule has 198 valence electrons. The number of aromatic hydroxyl groups is 1. The van der Waals surface area contributed by atoms with E-state index in [0.29, 0.717) is 41.2 Å². The molecule has 0 fully saturated rings. The van der Waals surface area contributed by atoms with Gasteiger partial charge in [0, 0.05) is 20.6 Å². The second-order valence-corrected chi connectivity index (χ2v) is 10.9. The summed E-state index contributed by atoms with van der Waals surface area (Å²) in [6.45, 7) is 1.89. The van der Waals surface area contributed by atoms with E-state index in [1.54, 1.807) is 49.4 Å². The number of aromatic nitrogens is 1. The average molecular weight is 626 g/mol. The normalized spacial score (nSPS) is 15.1. The average Bonchev–Trinajstić information content (AvgIpc) is 3.25. The van der Waals surface area contributed by atoms with E-state index >= 15 is 0 Å². The number of fused-ring (bicyclic) bond motifs is 1. The van der Waals surface area contributed by atoms with Crippen LogP contribution in [0.2, 0.25) is 5.02 Å². The summed E-state index contributed by atoms with van der Waals surface area (Å²) >= 11 is 10.7. The molecule has 4 aromatic rings. The topological polar surface area (TPSA) is 90.1 Å². The largest absolute Gasteiger partial charge is 0.504 e. The maximum absolute atomic E-state index is 13.9. The molecule has 10 heteroatoms. The molecule has 1 N–H and O–H groups in total. The van der Waals surface area contributed by atoms with Crippen molar-refractivity contribution in [2.24, 2.45) is 4.99 Å². The number of halogens is 2. The molecular weight excluding hydrogens is 604 g/mol. The van der Waals surface area contributed by atoms with Gasteiger partial charge in [0.05, 0.1) is 35.6 Å². The molecule has 0 amide bonds. The van der Waals surface area contributed by atoms with Gasteiger partial charge < -0.3 is 14.6 Å². The minimum atomic E-state index is -0.819. The molecule has 1 atom stereocenters. The third kappa shape index (κ3) is 5.17. The van der Waals surface area contributed by atoms with Crippen molar-refractivity contribution in [3.8, 4) is 11.5 Å². The first-order chi connectivity index (χ1) is 18.8. The number of phenolic OH excluding ortho intramolecular Hbond substituents is 1. The molecular formula is C29H22BrClN2O5S. The third-order valence-corrected chi connectivity index (χ3v) is 7.83. The molecule has 5 rings (SSSR count). The molecule has 0 aliphatic carbocycles. The molecule has 0 spiro atoms. The maximum Gasteiger partial charge on any atom is 0.338 e. The Bertz CT molecular complexity index is 1780. The molecule has 3 aromatic carbocycles. The minimum absolute atomic E-state index is 0.0991. The summed E-state index contributed by atoms with van der Waals surface area (Å²) in [6.07, 6.45) is 1.58. The number of hydrogen-bond donors (Lipinski definition) is 1. The summed E-state index contributed by atoms with van der Waals surface area (Å²) in [5, 5.41) is 11.2. The standard InChI is InChI=1S/C29H22BrClN2O5S/c1-3-38-28(36)23-24(16-7-5-4-6-8-16)32-29-33(25(23)17-9-11-20(31)12-10-17)27(35)22(39-29)14-18-13-19(30)15-21(37-2)26(18)34/h4-15,25,34H,3H2,1-2H3/b22-14-/t25-/m0/s1. The number of ether oxygens (including phenoxy) is 2. The molecule has 1 aliphatic heterocycles. The number of hydrogen-bond acceptors (Lipinski definition) is 7. The first-order valence-corrected chi connectivity index (χ1v) is 13.9. The van der Waals surface area contributed by atoms with Crippen LogP contribution in [0.3, 0.4) is 0 Å². The molecule has 0 radical (unpaired) electrons. The smallest absolute Gasteiger partial charge is 0.338 e. The molecule has 39 heavy (non-hydrogen) atoms. The number of methoxy groups -OCH3 is 1. The number of thiazole rings is 1. The predicted octanol–water partition coefficient (Wildman–Crippen LogP) is 5.07. The molecule has 7 nitrogen and oxygen atoms in total. The van der Waals surface area contributed by atoms with Gasteiger partial charge in [-0.05, 0) is 42.8 Å². The molecule has 1 aliphatic rings. The lowest BCUT2D eigenvalue weighted by Crippen LogP contribution is -2.40. The van der Waals surface area contributed by atoms with Crippen LogP contribution in [0.15, 0.2) is 86.6 Å². The van der Waals surface area contributed by atoms with E-state index in [4.69, 9.17) is 26.1 Å². The van der Waals surface area contributed by atoms with Crippen LogP contribution in [0.25, 0.3) is 11.8 Å². The van der Waals surface area contributed by atoms with Crippen molar-refractivity contribution in [3.05, 3.63) is 118 Å². The van der Waals surface area contributed by atoms with E-state index in [9.17, 15) is 14.7 Å². The Kier molecular flexibility index (Phi) is 7.74. The van der Waals surface area contributed by atoms with Gasteiger partial charge in [0.2, 0.25) is 0 Å². The Morgan fingerprint density at radius 1 is 1.18 bits per heavy atom. The number of carbonyl (C=O) groups excluding carboxylic acids is 1. The molecule has 2 heterocycles. The summed E-state index contributed by atoms with van der Waals surface area (Å²) in [4.78, 5) is 32.6. The van der Waals surface area contributed by atoms with Gasteiger partial charge in [-0.25, -0.2) is 9.79 Å². The van der Waals surface area contributed by atoms with E-state index < -0.39 is 12.0 Å². The van der Waals surface area contributed by atoms with Crippen LogP contribution >= 0.6 is 38.9 Å². The lowest BCUT2D eigenvalue weighted by molar-refractivity contribution is -0.138. The van der Waals surface area contributed by atoms with Gasteiger partial charge in [0.25, 0.3) is 5.56 Å². The fraction of sp³-hybridized carbons (Fsp3) is 0.138. The Balaban J connectivity index is 1.84. The molecule has 1 aromatic heterocycles. The number of nitrogens with zero attached hydrogens (tertiary/aromatic N) is 2. The zero-order valence-corrected chi connectivity index (χ0v) is 24.0. The summed E-state index contributed by atoms with van der Waals surface area (Å²) in [5.74, 6) is -0.403. The third-order valence-electron chi connectivity index (χ3n) is 6.14. The predicted molar refractivity (Wildman–Crippen MR) is 155 cm³/mol. The first kappa shape index (κ1) is 26.9. The summed E-state index contributed by atoms with van der Waals surface area (Å²) in [6, 6.07) is 18.8. The second kappa shape index (κ2) is 11.2. The number of rotatable bonds is 6. The van der Waals surface area contributed by atoms with Gasteiger partial charge in [0.1, 0.15) is 0 Å². The van der Waals surface area contributed by atoms with Gasteiger partial charge in [-0.15, -0.1) is 0 Å². The monoisotopic (exact) mass is 624 g/mol. The second-order valence-electron chi connectivity index (χ2n) is 8.53. The Labute approximate surface area is 241 Å². The summed E-state index contributed by atoms with van der Waals surface area (Å²) in [5.41, 5.74) is 2.08. The minimum Gasteiger partial charge on any atom is -0.504 e. The van der Waals surface area contributed by atoms with Gasteiger partial charge in [-0.1, -0.05) is 81.3 Å². The van der Waals surface area contributed by atoms with E-state index in [0.717, 1.165) is 11.3 Å². The van der Waals surface area contributed by atoms with Crippen LogP contribution in [0.1, 0.15) is 29.7 Å². The zero-order chi connectivity index (χ0) is 27.7. The van der Waals surface area contributed by atoms with Gasteiger partial charge in [-0.2, -0.15) is 0 Å². The van der Waals surface area contributed by atoms with Crippen molar-refractivity contribution in [1.29, 1.82) is 0 Å². The number of benzene rings is 3. The van der Waals surface area contributed by atoms with Crippen LogP contribution in [0.5, 0.6) is 11.5 Å². The van der Waals surface area contributed by atoms with Crippen molar-refractivity contribution in [3.63, 3.8) is 0 Å². The fourth-order valence-electron chi connectivity index (χ4n) is 4.40. The Hall–Kier alpha value is -3.66. The highest BCUT2D eigenvalue weighted by Gasteiger charge is 2.35. The highest BCUT2D eigenvalue weighted by Crippen LogP contribution is 2.36. The lowest BCUT2D eigenvalue weighted by Gasteiger charge is -2.25. The first-order valence-electron chi connectivity index (χ1n) is 11.9. The Morgan fingerprint density at radius 2 is 1.90 bits per heavy atom. The number of phenols is 1. The van der Waals surface area contributed by atoms with Crippen molar-refractivity contribution < 1.29 is 19.4 Å². The summed E-state index contributed by atoms with van der Waals surface area (Å²) in [7, 11) is 1.45. The molecule has 0 saturated carbocycles. The van der Waals surface area contributed by atoms with Crippen LogP contribution < -0.4 is 19.6 Å². The van der Waals surface area contributed by atoms with Crippen LogP contribution in [0.4, 0.5) is 0 Å². The molecule has 0 saturated heterocycles. The van der Waals surface area contributed by atoms with Gasteiger partial charge in [0.15, 0.2) is 16.3 Å². The van der Waals surface area contributed by atoms with Crippen molar-refractivity contribution in [2.75, 3.05) is 13.7 Å². The van der Waals surface area contributed by atoms with Crippen molar-refractivity contribution in [2.45, 2.75) is 13.0 Å². The quantitative estimate of drug-likeness (QED) is 0.303. The number of carbonyl (C=O) groups is 1. The fourth-order valence-corrected chi connectivity index (χ4v) is 5.97. The van der Waals surface area contributed by atoms with E-state index in [1.807, 2.05) is 30.3 Å². The number of esters is 1. The van der Waals surface area contributed by atoms with Gasteiger partial charge in [-0.3, -0.25) is 9.36 Å². The van der Waals surface area contributed by atoms with Gasteiger partial charge >= 0.3 is 5.97 Å².